The van der Waals surface area contributed by atoms with E-state index in [0.717, 1.165) is 55.1 Å². The van der Waals surface area contributed by atoms with Crippen molar-refractivity contribution in [3.05, 3.63) is 34.6 Å². The first kappa shape index (κ1) is 14.5. The Morgan fingerprint density at radius 1 is 1.42 bits per heavy atom. The maximum Gasteiger partial charge on any atom is 0.0845 e. The SMILES string of the molecule is CN1CC=C(c2ncc(CCCCO)cc2Cl)CC1. The lowest BCUT2D eigenvalue weighted by atomic mass is 10.0. The fraction of sp³-hybridized carbons (Fsp3) is 0.533. The van der Waals surface area contributed by atoms with Gasteiger partial charge in [-0.1, -0.05) is 17.7 Å². The number of aryl methyl sites for hydroxylation is 1. The van der Waals surface area contributed by atoms with Crippen LogP contribution in [0.3, 0.4) is 0 Å². The van der Waals surface area contributed by atoms with Gasteiger partial charge in [0.1, 0.15) is 0 Å². The van der Waals surface area contributed by atoms with E-state index in [9.17, 15) is 0 Å². The third-order valence-electron chi connectivity index (χ3n) is 3.49. The van der Waals surface area contributed by atoms with Crippen LogP contribution in [0.4, 0.5) is 0 Å². The highest BCUT2D eigenvalue weighted by molar-refractivity contribution is 6.32. The number of aliphatic hydroxyl groups is 1. The van der Waals surface area contributed by atoms with Gasteiger partial charge in [-0.15, -0.1) is 0 Å². The molecule has 19 heavy (non-hydrogen) atoms. The Hall–Kier alpha value is -0.900. The lowest BCUT2D eigenvalue weighted by Gasteiger charge is -2.22. The van der Waals surface area contributed by atoms with Crippen molar-refractivity contribution in [3.63, 3.8) is 0 Å². The van der Waals surface area contributed by atoms with Gasteiger partial charge in [-0.3, -0.25) is 4.98 Å². The highest BCUT2D eigenvalue weighted by Gasteiger charge is 2.13. The van der Waals surface area contributed by atoms with Gasteiger partial charge < -0.3 is 10.0 Å². The van der Waals surface area contributed by atoms with Crippen molar-refractivity contribution in [1.82, 2.24) is 9.88 Å². The first-order valence-electron chi connectivity index (χ1n) is 6.84. The zero-order chi connectivity index (χ0) is 13.7. The van der Waals surface area contributed by atoms with Crippen LogP contribution in [0, 0.1) is 0 Å². The molecular weight excluding hydrogens is 260 g/mol. The Morgan fingerprint density at radius 3 is 2.89 bits per heavy atom. The summed E-state index contributed by atoms with van der Waals surface area (Å²) in [6.45, 7) is 2.27. The van der Waals surface area contributed by atoms with E-state index in [4.69, 9.17) is 16.7 Å². The van der Waals surface area contributed by atoms with Crippen molar-refractivity contribution in [2.24, 2.45) is 0 Å². The highest BCUT2D eigenvalue weighted by atomic mass is 35.5. The fourth-order valence-electron chi connectivity index (χ4n) is 2.28. The summed E-state index contributed by atoms with van der Waals surface area (Å²) >= 11 is 6.35. The molecule has 3 nitrogen and oxygen atoms in total. The topological polar surface area (TPSA) is 36.4 Å². The van der Waals surface area contributed by atoms with Crippen LogP contribution in [-0.4, -0.2) is 41.7 Å². The Bertz CT molecular complexity index is 459. The minimum Gasteiger partial charge on any atom is -0.396 e. The first-order chi connectivity index (χ1) is 9.20. The van der Waals surface area contributed by atoms with Crippen molar-refractivity contribution in [1.29, 1.82) is 0 Å². The number of aromatic nitrogens is 1. The van der Waals surface area contributed by atoms with Crippen molar-refractivity contribution >= 4 is 17.2 Å². The largest absolute Gasteiger partial charge is 0.396 e. The number of pyridine rings is 1. The van der Waals surface area contributed by atoms with Gasteiger partial charge in [-0.2, -0.15) is 0 Å². The number of unbranched alkanes of at least 4 members (excludes halogenated alkanes) is 1. The zero-order valence-corrected chi connectivity index (χ0v) is 12.2. The van der Waals surface area contributed by atoms with Crippen LogP contribution in [0.1, 0.15) is 30.5 Å². The number of aliphatic hydroxyl groups excluding tert-OH is 1. The maximum atomic E-state index is 8.78. The van der Waals surface area contributed by atoms with Gasteiger partial charge in [-0.05, 0) is 49.9 Å². The Balaban J connectivity index is 2.07. The minimum absolute atomic E-state index is 0.250. The van der Waals surface area contributed by atoms with E-state index in [1.807, 2.05) is 12.3 Å². The van der Waals surface area contributed by atoms with Crippen LogP contribution in [-0.2, 0) is 6.42 Å². The molecule has 1 aromatic heterocycles. The second-order valence-corrected chi connectivity index (χ2v) is 5.50. The lowest BCUT2D eigenvalue weighted by Crippen LogP contribution is -2.23. The van der Waals surface area contributed by atoms with Gasteiger partial charge in [0.05, 0.1) is 10.7 Å². The van der Waals surface area contributed by atoms with Crippen LogP contribution in [0.15, 0.2) is 18.3 Å². The number of likely N-dealkylation sites (N-methyl/N-ethyl adjacent to an activating group) is 1. The van der Waals surface area contributed by atoms with E-state index in [1.54, 1.807) is 0 Å². The number of halogens is 1. The van der Waals surface area contributed by atoms with Gasteiger partial charge in [0.15, 0.2) is 0 Å². The smallest absolute Gasteiger partial charge is 0.0845 e. The van der Waals surface area contributed by atoms with E-state index in [-0.39, 0.29) is 6.61 Å². The molecular formula is C15H21ClN2O. The molecule has 1 N–H and O–H groups in total. The predicted octanol–water partition coefficient (Wildman–Crippen LogP) is 2.77. The molecule has 1 aromatic rings. The summed E-state index contributed by atoms with van der Waals surface area (Å²) in [4.78, 5) is 6.80. The molecule has 1 aliphatic rings. The van der Waals surface area contributed by atoms with Gasteiger partial charge in [0.25, 0.3) is 0 Å². The second kappa shape index (κ2) is 7.04. The minimum atomic E-state index is 0.250. The molecule has 0 saturated heterocycles. The molecule has 2 heterocycles. The highest BCUT2D eigenvalue weighted by Crippen LogP contribution is 2.27. The summed E-state index contributed by atoms with van der Waals surface area (Å²) in [5, 5.41) is 9.53. The van der Waals surface area contributed by atoms with E-state index in [2.05, 4.69) is 23.0 Å². The molecule has 0 radical (unpaired) electrons. The van der Waals surface area contributed by atoms with Crippen molar-refractivity contribution < 1.29 is 5.11 Å². The summed E-state index contributed by atoms with van der Waals surface area (Å²) in [6.07, 6.45) is 7.86. The van der Waals surface area contributed by atoms with E-state index in [0.29, 0.717) is 0 Å². The van der Waals surface area contributed by atoms with E-state index >= 15 is 0 Å². The van der Waals surface area contributed by atoms with Crippen LogP contribution < -0.4 is 0 Å². The fourth-order valence-corrected chi connectivity index (χ4v) is 2.59. The number of nitrogens with zero attached hydrogens (tertiary/aromatic N) is 2. The third-order valence-corrected chi connectivity index (χ3v) is 3.78. The monoisotopic (exact) mass is 280 g/mol. The molecule has 0 aromatic carbocycles. The average molecular weight is 281 g/mol. The molecule has 104 valence electrons. The van der Waals surface area contributed by atoms with Gasteiger partial charge in [0, 0.05) is 25.9 Å². The molecule has 0 unspecified atom stereocenters. The molecule has 0 aliphatic carbocycles. The van der Waals surface area contributed by atoms with E-state index in [1.165, 1.54) is 5.57 Å². The first-order valence-corrected chi connectivity index (χ1v) is 7.21. The van der Waals surface area contributed by atoms with Crippen molar-refractivity contribution in [2.75, 3.05) is 26.7 Å². The second-order valence-electron chi connectivity index (χ2n) is 5.10. The number of rotatable bonds is 5. The number of hydrogen-bond donors (Lipinski definition) is 1. The standard InChI is InChI=1S/C15H21ClN2O/c1-18-7-5-13(6-8-18)15-14(16)10-12(11-17-15)4-2-3-9-19/h5,10-11,19H,2-4,6-9H2,1H3. The third kappa shape index (κ3) is 4.03. The molecule has 0 saturated carbocycles. The molecule has 0 amide bonds. The Morgan fingerprint density at radius 2 is 2.26 bits per heavy atom. The summed E-state index contributed by atoms with van der Waals surface area (Å²) in [7, 11) is 2.12. The van der Waals surface area contributed by atoms with Crippen LogP contribution in [0.5, 0.6) is 0 Å². The van der Waals surface area contributed by atoms with Crippen LogP contribution in [0.2, 0.25) is 5.02 Å². The van der Waals surface area contributed by atoms with Gasteiger partial charge >= 0.3 is 0 Å². The summed E-state index contributed by atoms with van der Waals surface area (Å²) < 4.78 is 0. The van der Waals surface area contributed by atoms with Gasteiger partial charge in [0.2, 0.25) is 0 Å². The molecule has 2 rings (SSSR count). The molecule has 4 heteroatoms. The lowest BCUT2D eigenvalue weighted by molar-refractivity contribution is 0.284. The summed E-state index contributed by atoms with van der Waals surface area (Å²) in [5.74, 6) is 0. The van der Waals surface area contributed by atoms with E-state index < -0.39 is 0 Å². The van der Waals surface area contributed by atoms with Crippen LogP contribution in [0.25, 0.3) is 5.57 Å². The quantitative estimate of drug-likeness (QED) is 0.843. The van der Waals surface area contributed by atoms with Crippen LogP contribution >= 0.6 is 11.6 Å². The molecule has 1 aliphatic heterocycles. The normalized spacial score (nSPS) is 16.5. The molecule has 0 spiro atoms. The molecule has 0 atom stereocenters. The predicted molar refractivity (Wildman–Crippen MR) is 79.4 cm³/mol. The van der Waals surface area contributed by atoms with Crippen molar-refractivity contribution in [3.8, 4) is 0 Å². The average Bonchev–Trinajstić information content (AvgIpc) is 2.41. The molecule has 0 bridgehead atoms. The zero-order valence-electron chi connectivity index (χ0n) is 11.4. The van der Waals surface area contributed by atoms with Crippen molar-refractivity contribution in [2.45, 2.75) is 25.7 Å². The summed E-state index contributed by atoms with van der Waals surface area (Å²) in [6, 6.07) is 2.01. The Kier molecular flexibility index (Phi) is 5.37. The van der Waals surface area contributed by atoms with Gasteiger partial charge in [-0.25, -0.2) is 0 Å². The Labute approximate surface area is 119 Å². The number of hydrogen-bond acceptors (Lipinski definition) is 3. The maximum absolute atomic E-state index is 8.78. The molecule has 0 fully saturated rings. The summed E-state index contributed by atoms with van der Waals surface area (Å²) in [5.41, 5.74) is 3.33.